The van der Waals surface area contributed by atoms with E-state index in [1.807, 2.05) is 18.8 Å². The topological polar surface area (TPSA) is 20.3 Å². The van der Waals surface area contributed by atoms with Gasteiger partial charge in [0.25, 0.3) is 0 Å². The Morgan fingerprint density at radius 1 is 1.70 bits per heavy atom. The van der Waals surface area contributed by atoms with Crippen molar-refractivity contribution >= 4 is 17.5 Å². The van der Waals surface area contributed by atoms with Gasteiger partial charge in [-0.15, -0.1) is 11.8 Å². The molecule has 10 heavy (non-hydrogen) atoms. The zero-order valence-corrected chi connectivity index (χ0v) is 7.44. The Kier molecular flexibility index (Phi) is 2.36. The molecule has 2 atom stereocenters. The number of ketones is 1. The number of carbonyl (C=O) groups is 1. The Balaban J connectivity index is 2.57. The summed E-state index contributed by atoms with van der Waals surface area (Å²) in [6, 6.07) is 0.167. The van der Waals surface area contributed by atoms with Crippen molar-refractivity contribution in [2.75, 3.05) is 12.8 Å². The molecular formula is C7H13NOS. The first-order chi connectivity index (χ1) is 4.63. The van der Waals surface area contributed by atoms with Crippen LogP contribution in [-0.2, 0) is 4.79 Å². The van der Waals surface area contributed by atoms with Crippen LogP contribution in [0.1, 0.15) is 13.8 Å². The van der Waals surface area contributed by atoms with Gasteiger partial charge in [0, 0.05) is 5.75 Å². The van der Waals surface area contributed by atoms with Crippen LogP contribution in [0.2, 0.25) is 0 Å². The van der Waals surface area contributed by atoms with Gasteiger partial charge in [-0.1, -0.05) is 0 Å². The highest BCUT2D eigenvalue weighted by atomic mass is 32.2. The Morgan fingerprint density at radius 2 is 2.30 bits per heavy atom. The molecular weight excluding hydrogens is 146 g/mol. The molecule has 0 bridgehead atoms. The molecule has 1 saturated heterocycles. The summed E-state index contributed by atoms with van der Waals surface area (Å²) in [5.41, 5.74) is 0. The van der Waals surface area contributed by atoms with E-state index in [4.69, 9.17) is 0 Å². The van der Waals surface area contributed by atoms with Crippen LogP contribution in [0.3, 0.4) is 0 Å². The van der Waals surface area contributed by atoms with E-state index < -0.39 is 0 Å². The zero-order chi connectivity index (χ0) is 7.72. The van der Waals surface area contributed by atoms with Crippen molar-refractivity contribution in [1.29, 1.82) is 0 Å². The highest BCUT2D eigenvalue weighted by Crippen LogP contribution is 2.26. The number of thioether (sulfide) groups is 1. The van der Waals surface area contributed by atoms with Crippen molar-refractivity contribution in [3.8, 4) is 0 Å². The van der Waals surface area contributed by atoms with Crippen LogP contribution >= 0.6 is 11.8 Å². The van der Waals surface area contributed by atoms with Gasteiger partial charge in [-0.3, -0.25) is 9.69 Å². The van der Waals surface area contributed by atoms with Crippen molar-refractivity contribution in [1.82, 2.24) is 4.90 Å². The first kappa shape index (κ1) is 8.08. The lowest BCUT2D eigenvalue weighted by molar-refractivity contribution is -0.120. The van der Waals surface area contributed by atoms with Crippen molar-refractivity contribution in [2.45, 2.75) is 25.3 Å². The molecule has 0 aromatic rings. The van der Waals surface area contributed by atoms with Gasteiger partial charge < -0.3 is 0 Å². The summed E-state index contributed by atoms with van der Waals surface area (Å²) in [6.45, 7) is 3.80. The molecule has 0 aromatic carbocycles. The Bertz CT molecular complexity index is 149. The molecule has 1 aliphatic heterocycles. The van der Waals surface area contributed by atoms with Crippen LogP contribution in [0.25, 0.3) is 0 Å². The average molecular weight is 159 g/mol. The number of carbonyl (C=O) groups excluding carboxylic acids is 1. The number of hydrogen-bond donors (Lipinski definition) is 0. The summed E-state index contributed by atoms with van der Waals surface area (Å²) in [6.07, 6.45) is 0. The van der Waals surface area contributed by atoms with Crippen LogP contribution in [0.4, 0.5) is 0 Å². The van der Waals surface area contributed by atoms with Crippen molar-refractivity contribution in [2.24, 2.45) is 0 Å². The molecule has 3 heteroatoms. The van der Waals surface area contributed by atoms with Gasteiger partial charge in [0.15, 0.2) is 0 Å². The average Bonchev–Trinajstić information content (AvgIpc) is 2.14. The minimum absolute atomic E-state index is 0.167. The van der Waals surface area contributed by atoms with E-state index in [0.29, 0.717) is 11.2 Å². The molecule has 1 fully saturated rings. The normalized spacial score (nSPS) is 34.7. The van der Waals surface area contributed by atoms with E-state index >= 15 is 0 Å². The van der Waals surface area contributed by atoms with Crippen LogP contribution in [0, 0.1) is 0 Å². The molecule has 0 aromatic heterocycles. The summed E-state index contributed by atoms with van der Waals surface area (Å²) in [5.74, 6) is 1.26. The predicted molar refractivity (Wildman–Crippen MR) is 44.2 cm³/mol. The van der Waals surface area contributed by atoms with Crippen LogP contribution in [0.15, 0.2) is 0 Å². The van der Waals surface area contributed by atoms with Crippen LogP contribution in [-0.4, -0.2) is 34.9 Å². The summed E-state index contributed by atoms with van der Waals surface area (Å²) < 4.78 is 0. The molecule has 0 amide bonds. The minimum atomic E-state index is 0.167. The van der Waals surface area contributed by atoms with E-state index in [-0.39, 0.29) is 6.04 Å². The van der Waals surface area contributed by atoms with Gasteiger partial charge in [-0.2, -0.15) is 0 Å². The Hall–Kier alpha value is -0.0200. The third-order valence-corrected chi connectivity index (χ3v) is 3.35. The van der Waals surface area contributed by atoms with Crippen molar-refractivity contribution < 1.29 is 4.79 Å². The minimum Gasteiger partial charge on any atom is -0.298 e. The summed E-state index contributed by atoms with van der Waals surface area (Å²) in [7, 11) is 2.01. The third kappa shape index (κ3) is 1.35. The predicted octanol–water partition coefficient (Wildman–Crippen LogP) is 0.969. The van der Waals surface area contributed by atoms with Gasteiger partial charge in [0.1, 0.15) is 5.78 Å². The smallest absolute Gasteiger partial charge is 0.147 e. The molecule has 2 unspecified atom stereocenters. The second-order valence-electron chi connectivity index (χ2n) is 2.72. The molecule has 0 saturated carbocycles. The fraction of sp³-hybridized carbons (Fsp3) is 0.857. The number of rotatable bonds is 1. The fourth-order valence-electron chi connectivity index (χ4n) is 1.12. The maximum absolute atomic E-state index is 10.9. The number of nitrogens with zero attached hydrogens (tertiary/aromatic N) is 1. The SMILES string of the molecule is CC(=O)C1CSC(C)N1C. The van der Waals surface area contributed by atoms with E-state index in [1.165, 1.54) is 0 Å². The lowest BCUT2D eigenvalue weighted by Crippen LogP contribution is -2.36. The van der Waals surface area contributed by atoms with Crippen molar-refractivity contribution in [3.63, 3.8) is 0 Å². The molecule has 2 nitrogen and oxygen atoms in total. The van der Waals surface area contributed by atoms with Crippen molar-refractivity contribution in [3.05, 3.63) is 0 Å². The van der Waals surface area contributed by atoms with Gasteiger partial charge in [0.2, 0.25) is 0 Å². The van der Waals surface area contributed by atoms with E-state index in [9.17, 15) is 4.79 Å². The van der Waals surface area contributed by atoms with Gasteiger partial charge in [0.05, 0.1) is 11.4 Å². The molecule has 0 aliphatic carbocycles. The van der Waals surface area contributed by atoms with Gasteiger partial charge in [-0.25, -0.2) is 0 Å². The molecule has 58 valence electrons. The van der Waals surface area contributed by atoms with Gasteiger partial charge >= 0.3 is 0 Å². The lowest BCUT2D eigenvalue weighted by Gasteiger charge is -2.19. The molecule has 1 heterocycles. The monoisotopic (exact) mass is 159 g/mol. The third-order valence-electron chi connectivity index (χ3n) is 2.03. The number of likely N-dealkylation sites (N-methyl/N-ethyl adjacent to an activating group) is 1. The molecule has 0 N–H and O–H groups in total. The summed E-state index contributed by atoms with van der Waals surface area (Å²) in [4.78, 5) is 13.1. The zero-order valence-electron chi connectivity index (χ0n) is 6.63. The second-order valence-corrected chi connectivity index (χ2v) is 4.07. The number of Topliss-reactive ketones (excluding diaryl/α,β-unsaturated/α-hetero) is 1. The molecule has 0 spiro atoms. The molecule has 1 rings (SSSR count). The second kappa shape index (κ2) is 2.93. The first-order valence-electron chi connectivity index (χ1n) is 3.47. The quantitative estimate of drug-likeness (QED) is 0.568. The fourth-order valence-corrected chi connectivity index (χ4v) is 2.44. The van der Waals surface area contributed by atoms with Crippen LogP contribution in [0.5, 0.6) is 0 Å². The highest BCUT2D eigenvalue weighted by Gasteiger charge is 2.30. The summed E-state index contributed by atoms with van der Waals surface area (Å²) in [5, 5.41) is 0.508. The largest absolute Gasteiger partial charge is 0.298 e. The molecule has 0 radical (unpaired) electrons. The Morgan fingerprint density at radius 3 is 2.50 bits per heavy atom. The highest BCUT2D eigenvalue weighted by molar-refractivity contribution is 8.00. The lowest BCUT2D eigenvalue weighted by atomic mass is 10.2. The molecule has 1 aliphatic rings. The first-order valence-corrected chi connectivity index (χ1v) is 4.52. The number of hydrogen-bond acceptors (Lipinski definition) is 3. The maximum Gasteiger partial charge on any atom is 0.147 e. The Labute approximate surface area is 66.0 Å². The summed E-state index contributed by atoms with van der Waals surface area (Å²) >= 11 is 1.85. The van der Waals surface area contributed by atoms with E-state index in [0.717, 1.165) is 5.75 Å². The van der Waals surface area contributed by atoms with E-state index in [1.54, 1.807) is 6.92 Å². The standard InChI is InChI=1S/C7H13NOS/c1-5(9)7-4-10-6(2)8(7)3/h6-7H,4H2,1-3H3. The van der Waals surface area contributed by atoms with Crippen LogP contribution < -0.4 is 0 Å². The van der Waals surface area contributed by atoms with Gasteiger partial charge in [-0.05, 0) is 20.9 Å². The van der Waals surface area contributed by atoms with E-state index in [2.05, 4.69) is 11.8 Å². The maximum atomic E-state index is 10.9.